The third-order valence-corrected chi connectivity index (χ3v) is 7.68. The Morgan fingerprint density at radius 3 is 2.60 bits per heavy atom. The lowest BCUT2D eigenvalue weighted by Crippen LogP contribution is -2.34. The van der Waals surface area contributed by atoms with Gasteiger partial charge in [0.25, 0.3) is 0 Å². The largest absolute Gasteiger partial charge is 0.573 e. The van der Waals surface area contributed by atoms with Gasteiger partial charge in [-0.25, -0.2) is 4.99 Å². The van der Waals surface area contributed by atoms with Crippen LogP contribution in [0, 0.1) is 0 Å². The van der Waals surface area contributed by atoms with Gasteiger partial charge in [-0.05, 0) is 65.9 Å². The minimum atomic E-state index is -4.76. The molecule has 218 valence electrons. The van der Waals surface area contributed by atoms with Crippen molar-refractivity contribution in [1.29, 1.82) is 0 Å². The molecule has 0 saturated carbocycles. The zero-order valence-corrected chi connectivity index (χ0v) is 24.2. The van der Waals surface area contributed by atoms with Crippen LogP contribution >= 0.6 is 11.8 Å². The fourth-order valence-corrected chi connectivity index (χ4v) is 5.60. The molecular weight excluding hydrogens is 563 g/mol. The molecule has 1 aliphatic rings. The Bertz CT molecular complexity index is 1660. The Balaban J connectivity index is 1.36. The molecule has 0 amide bonds. The van der Waals surface area contributed by atoms with Gasteiger partial charge in [-0.2, -0.15) is 10.2 Å². The number of nitrogens with two attached hydrogens (primary N) is 1. The van der Waals surface area contributed by atoms with Gasteiger partial charge in [0, 0.05) is 30.4 Å². The number of amidine groups is 2. The Hall–Kier alpha value is -4.32. The molecule has 1 aromatic heterocycles. The van der Waals surface area contributed by atoms with Crippen LogP contribution in [0.2, 0.25) is 0 Å². The van der Waals surface area contributed by atoms with Gasteiger partial charge in [-0.3, -0.25) is 4.68 Å². The summed E-state index contributed by atoms with van der Waals surface area (Å²) in [5, 5.41) is 15.2. The highest BCUT2D eigenvalue weighted by molar-refractivity contribution is 8.14. The van der Waals surface area contributed by atoms with Crippen molar-refractivity contribution in [3.8, 4) is 5.75 Å². The summed E-state index contributed by atoms with van der Waals surface area (Å²) < 4.78 is 42.9. The molecule has 2 heterocycles. The van der Waals surface area contributed by atoms with E-state index in [0.717, 1.165) is 40.4 Å². The molecule has 1 aliphatic heterocycles. The molecule has 2 N–H and O–H groups in total. The van der Waals surface area contributed by atoms with E-state index < -0.39 is 6.36 Å². The lowest BCUT2D eigenvalue weighted by Gasteiger charge is -2.31. The fraction of sp³-hybridized carbons (Fsp3) is 0.267. The van der Waals surface area contributed by atoms with Crippen molar-refractivity contribution >= 4 is 51.3 Å². The van der Waals surface area contributed by atoms with Crippen molar-refractivity contribution in [2.45, 2.75) is 32.5 Å². The zero-order chi connectivity index (χ0) is 29.9. The Kier molecular flexibility index (Phi) is 8.53. The lowest BCUT2D eigenvalue weighted by atomic mass is 10.0. The van der Waals surface area contributed by atoms with Crippen LogP contribution in [0.4, 0.5) is 24.5 Å². The summed E-state index contributed by atoms with van der Waals surface area (Å²) in [6, 6.07) is 19.3. The summed E-state index contributed by atoms with van der Waals surface area (Å²) in [6.07, 6.45) is -1.98. The Morgan fingerprint density at radius 1 is 1.10 bits per heavy atom. The van der Waals surface area contributed by atoms with Gasteiger partial charge in [-0.15, -0.1) is 18.3 Å². The number of benzene rings is 3. The van der Waals surface area contributed by atoms with Crippen LogP contribution in [0.25, 0.3) is 10.9 Å². The topological polar surface area (TPSA) is 93.4 Å². The van der Waals surface area contributed by atoms with Crippen molar-refractivity contribution in [2.24, 2.45) is 28.0 Å². The van der Waals surface area contributed by atoms with Crippen molar-refractivity contribution in [3.63, 3.8) is 0 Å². The highest BCUT2D eigenvalue weighted by Gasteiger charge is 2.31. The van der Waals surface area contributed by atoms with Crippen LogP contribution in [0.5, 0.6) is 5.75 Å². The number of halogens is 3. The smallest absolute Gasteiger partial charge is 0.406 e. The van der Waals surface area contributed by atoms with Crippen LogP contribution in [0.1, 0.15) is 43.0 Å². The first-order valence-corrected chi connectivity index (χ1v) is 14.3. The normalized spacial score (nSPS) is 15.8. The third-order valence-electron chi connectivity index (χ3n) is 6.63. The highest BCUT2D eigenvalue weighted by atomic mass is 32.2. The van der Waals surface area contributed by atoms with E-state index in [-0.39, 0.29) is 11.6 Å². The Labute approximate surface area is 245 Å². The number of fused-ring (bicyclic) bond motifs is 1. The maximum absolute atomic E-state index is 12.4. The molecule has 8 nitrogen and oxygen atoms in total. The number of aryl methyl sites for hydroxylation is 1. The average molecular weight is 594 g/mol. The van der Waals surface area contributed by atoms with Crippen LogP contribution in [-0.4, -0.2) is 45.7 Å². The standard InChI is InChI=1S/C30H30F3N7OS/c1-19(2)23-7-4-5-8-25(23)40-15-6-16-42-29(40)37-35-18-20-9-14-24-26(17-20)39(3)38-27(24)28(34)36-21-10-12-22(13-11-21)41-30(31,32)33/h4-5,7-14,17-19H,6,15-16H2,1-3H3,(H2,34,36)/b35-18+,37-29-. The molecule has 1 fully saturated rings. The molecule has 42 heavy (non-hydrogen) atoms. The first-order valence-electron chi connectivity index (χ1n) is 13.4. The molecule has 12 heteroatoms. The van der Waals surface area contributed by atoms with Crippen LogP contribution in [0.15, 0.2) is 81.9 Å². The summed E-state index contributed by atoms with van der Waals surface area (Å²) >= 11 is 1.70. The van der Waals surface area contributed by atoms with Gasteiger partial charge in [0.15, 0.2) is 11.0 Å². The SMILES string of the molecule is CC(C)c1ccccc1N1CCCS/C1=N\N=C\c1ccc2c(C(N)=Nc3ccc(OC(F)(F)F)cc3)nn(C)c2c1. The second-order valence-corrected chi connectivity index (χ2v) is 11.0. The van der Waals surface area contributed by atoms with E-state index in [4.69, 9.17) is 5.73 Å². The number of rotatable bonds is 7. The number of anilines is 1. The maximum atomic E-state index is 12.4. The summed E-state index contributed by atoms with van der Waals surface area (Å²) in [6.45, 7) is 5.28. The number of hydrogen-bond acceptors (Lipinski definition) is 6. The number of aliphatic imine (C=N–C) groups is 1. The number of alkyl halides is 3. The molecule has 0 unspecified atom stereocenters. The van der Waals surface area contributed by atoms with Crippen molar-refractivity contribution in [1.82, 2.24) is 9.78 Å². The molecule has 0 radical (unpaired) electrons. The van der Waals surface area contributed by atoms with Gasteiger partial charge < -0.3 is 15.4 Å². The zero-order valence-electron chi connectivity index (χ0n) is 23.3. The molecule has 4 aromatic rings. The number of aromatic nitrogens is 2. The van der Waals surface area contributed by atoms with Crippen molar-refractivity contribution in [3.05, 3.63) is 83.6 Å². The molecule has 0 spiro atoms. The minimum absolute atomic E-state index is 0.133. The summed E-state index contributed by atoms with van der Waals surface area (Å²) in [7, 11) is 1.80. The molecule has 0 bridgehead atoms. The first-order chi connectivity index (χ1) is 20.1. The van der Waals surface area contributed by atoms with Crippen molar-refractivity contribution < 1.29 is 17.9 Å². The van der Waals surface area contributed by atoms with Crippen LogP contribution < -0.4 is 15.4 Å². The Morgan fingerprint density at radius 2 is 1.86 bits per heavy atom. The lowest BCUT2D eigenvalue weighted by molar-refractivity contribution is -0.274. The van der Waals surface area contributed by atoms with Gasteiger partial charge in [-0.1, -0.05) is 49.9 Å². The molecule has 0 atom stereocenters. The number of hydrogen-bond donors (Lipinski definition) is 1. The molecule has 3 aromatic carbocycles. The van der Waals surface area contributed by atoms with Gasteiger partial charge >= 0.3 is 6.36 Å². The van der Waals surface area contributed by atoms with Gasteiger partial charge in [0.1, 0.15) is 11.4 Å². The van der Waals surface area contributed by atoms with E-state index in [0.29, 0.717) is 17.3 Å². The van der Waals surface area contributed by atoms with Crippen LogP contribution in [-0.2, 0) is 7.05 Å². The quantitative estimate of drug-likeness (QED) is 0.142. The second kappa shape index (κ2) is 12.3. The first kappa shape index (κ1) is 29.2. The number of thioether (sulfide) groups is 1. The molecule has 5 rings (SSSR count). The van der Waals surface area contributed by atoms with E-state index in [9.17, 15) is 13.2 Å². The predicted molar refractivity (Wildman–Crippen MR) is 164 cm³/mol. The van der Waals surface area contributed by atoms with E-state index in [1.807, 2.05) is 18.2 Å². The number of para-hydroxylation sites is 1. The van der Waals surface area contributed by atoms with Crippen molar-refractivity contribution in [2.75, 3.05) is 17.2 Å². The summed E-state index contributed by atoms with van der Waals surface area (Å²) in [5.41, 5.74) is 11.2. The van der Waals surface area contributed by atoms with Crippen LogP contribution in [0.3, 0.4) is 0 Å². The summed E-state index contributed by atoms with van der Waals surface area (Å²) in [4.78, 5) is 6.58. The minimum Gasteiger partial charge on any atom is -0.406 e. The maximum Gasteiger partial charge on any atom is 0.573 e. The highest BCUT2D eigenvalue weighted by Crippen LogP contribution is 2.32. The van der Waals surface area contributed by atoms with E-state index in [2.05, 4.69) is 68.0 Å². The fourth-order valence-electron chi connectivity index (χ4n) is 4.69. The average Bonchev–Trinajstić information content (AvgIpc) is 3.29. The van der Waals surface area contributed by atoms with E-state index >= 15 is 0 Å². The van der Waals surface area contributed by atoms with Gasteiger partial charge in [0.2, 0.25) is 0 Å². The summed E-state index contributed by atoms with van der Waals surface area (Å²) in [5.74, 6) is 1.19. The third kappa shape index (κ3) is 6.76. The van der Waals surface area contributed by atoms with Gasteiger partial charge in [0.05, 0.1) is 17.4 Å². The molecule has 1 saturated heterocycles. The number of ether oxygens (including phenoxy) is 1. The monoisotopic (exact) mass is 593 g/mol. The molecular formula is C30H30F3N7OS. The second-order valence-electron chi connectivity index (χ2n) is 9.98. The molecule has 0 aliphatic carbocycles. The predicted octanol–water partition coefficient (Wildman–Crippen LogP) is 6.97. The van der Waals surface area contributed by atoms with E-state index in [1.165, 1.54) is 35.5 Å². The van der Waals surface area contributed by atoms with E-state index in [1.54, 1.807) is 29.7 Å². The number of nitrogens with zero attached hydrogens (tertiary/aromatic N) is 6.